The summed E-state index contributed by atoms with van der Waals surface area (Å²) in [5.41, 5.74) is -28.9. The van der Waals surface area contributed by atoms with Crippen LogP contribution in [0.4, 0.5) is 105 Å². The number of rotatable bonds is 7. The molecular weight excluding hydrogens is 1050 g/mol. The molecule has 70 heavy (non-hydrogen) atoms. The highest BCUT2D eigenvalue weighted by atomic mass is 32.2. The fourth-order valence-electron chi connectivity index (χ4n) is 7.18. The highest BCUT2D eigenvalue weighted by Crippen LogP contribution is 2.41. The van der Waals surface area contributed by atoms with Crippen molar-refractivity contribution in [2.75, 3.05) is 18.8 Å². The van der Waals surface area contributed by atoms with Gasteiger partial charge in [-0.25, -0.2) is 0 Å². The third-order valence-corrected chi connectivity index (χ3v) is 12.0. The second-order valence-electron chi connectivity index (χ2n) is 15.5. The lowest BCUT2D eigenvalue weighted by molar-refractivity contribution is -0.144. The van der Waals surface area contributed by atoms with Gasteiger partial charge in [-0.1, -0.05) is 60.7 Å². The van der Waals surface area contributed by atoms with Crippen LogP contribution in [0.5, 0.6) is 0 Å². The van der Waals surface area contributed by atoms with E-state index >= 15 is 0 Å². The van der Waals surface area contributed by atoms with Crippen molar-refractivity contribution in [2.45, 2.75) is 60.1 Å². The molecule has 5 aromatic rings. The maximum atomic E-state index is 14.2. The average molecular weight is 1080 g/mol. The Morgan fingerprint density at radius 3 is 0.686 bits per heavy atom. The number of alkyl halides is 24. The van der Waals surface area contributed by atoms with Crippen LogP contribution in [0.1, 0.15) is 50.1 Å². The fraction of sp³-hybridized carbons (Fsp3) is 0.286. The molecular formula is C42H27BF24OS2. The lowest BCUT2D eigenvalue weighted by Crippen LogP contribution is -2.75. The molecule has 0 aliphatic carbocycles. The van der Waals surface area contributed by atoms with Crippen molar-refractivity contribution in [3.63, 3.8) is 0 Å². The zero-order chi connectivity index (χ0) is 53.8. The molecule has 0 heterocycles. The molecule has 0 saturated carbocycles. The Balaban J connectivity index is 0.000000707. The van der Waals surface area contributed by atoms with Crippen molar-refractivity contribution < 1.29 is 110 Å². The van der Waals surface area contributed by atoms with Crippen molar-refractivity contribution >= 4 is 49.7 Å². The molecule has 5 rings (SSSR count). The highest BCUT2D eigenvalue weighted by Gasteiger charge is 2.47. The minimum Gasteiger partial charge on any atom is -0.255 e. The van der Waals surface area contributed by atoms with Crippen LogP contribution in [0.25, 0.3) is 0 Å². The van der Waals surface area contributed by atoms with E-state index in [1.54, 1.807) is 6.26 Å². The molecule has 1 atom stereocenters. The Morgan fingerprint density at radius 1 is 0.357 bits per heavy atom. The quantitative estimate of drug-likeness (QED) is 0.0902. The van der Waals surface area contributed by atoms with Gasteiger partial charge in [-0.15, -0.1) is 0 Å². The van der Waals surface area contributed by atoms with Crippen molar-refractivity contribution in [1.29, 1.82) is 0 Å². The first-order chi connectivity index (χ1) is 31.4. The molecule has 384 valence electrons. The zero-order valence-electron chi connectivity index (χ0n) is 34.8. The van der Waals surface area contributed by atoms with Crippen LogP contribution in [0, 0.1) is 0 Å². The molecule has 1 unspecified atom stereocenters. The van der Waals surface area contributed by atoms with E-state index in [0.29, 0.717) is 10.9 Å². The second-order valence-corrected chi connectivity index (χ2v) is 19.1. The zero-order valence-corrected chi connectivity index (χ0v) is 36.5. The molecule has 0 bridgehead atoms. The number of halogens is 24. The van der Waals surface area contributed by atoms with Gasteiger partial charge in [0.05, 0.1) is 57.0 Å². The SMILES string of the molecule is CS(=O)c1ccc(C[S+](C)C)cc1.FC(F)(F)c1cc([B-](c2cc(C(F)(F)F)cc(C(F)(F)F)c2)(c2cc(C(F)(F)F)cc(C(F)(F)F)c2)c2cc(C(F)(F)F)cc(C(F)(F)F)c2)cc(C(F)(F)F)c1. The minimum absolute atomic E-state index is 0.440. The van der Waals surface area contributed by atoms with Gasteiger partial charge in [-0.05, 0) is 47.3 Å². The molecule has 0 aliphatic rings. The molecule has 0 spiro atoms. The molecule has 1 nitrogen and oxygen atoms in total. The first kappa shape index (κ1) is 57.6. The largest absolute Gasteiger partial charge is 0.416 e. The van der Waals surface area contributed by atoms with Gasteiger partial charge in [0.15, 0.2) is 0 Å². The third-order valence-electron chi connectivity index (χ3n) is 10.2. The van der Waals surface area contributed by atoms with Gasteiger partial charge in [0.1, 0.15) is 11.9 Å². The van der Waals surface area contributed by atoms with Crippen molar-refractivity contribution in [3.8, 4) is 0 Å². The summed E-state index contributed by atoms with van der Waals surface area (Å²) in [6, 6.07) is -0.751. The van der Waals surface area contributed by atoms with E-state index in [4.69, 9.17) is 0 Å². The maximum Gasteiger partial charge on any atom is 0.416 e. The van der Waals surface area contributed by atoms with E-state index in [0.717, 1.165) is 10.6 Å². The van der Waals surface area contributed by atoms with Gasteiger partial charge in [-0.3, -0.25) is 4.21 Å². The molecule has 0 aromatic heterocycles. The summed E-state index contributed by atoms with van der Waals surface area (Å²) in [5.74, 6) is 1.12. The predicted octanol–water partition coefficient (Wildman–Crippen LogP) is 13.0. The average Bonchev–Trinajstić information content (AvgIpc) is 3.18. The van der Waals surface area contributed by atoms with E-state index in [1.807, 2.05) is 12.1 Å². The Kier molecular flexibility index (Phi) is 16.1. The predicted molar refractivity (Wildman–Crippen MR) is 212 cm³/mol. The van der Waals surface area contributed by atoms with Gasteiger partial charge >= 0.3 is 49.4 Å². The molecule has 0 fully saturated rings. The normalized spacial score (nSPS) is 14.1. The number of hydrogen-bond donors (Lipinski definition) is 0. The fourth-order valence-corrected chi connectivity index (χ4v) is 8.56. The molecule has 0 saturated heterocycles. The summed E-state index contributed by atoms with van der Waals surface area (Å²) in [5, 5.41) is 0. The van der Waals surface area contributed by atoms with Gasteiger partial charge in [0.2, 0.25) is 0 Å². The molecule has 28 heteroatoms. The van der Waals surface area contributed by atoms with Crippen LogP contribution in [-0.2, 0) is 76.9 Å². The lowest BCUT2D eigenvalue weighted by atomic mass is 9.12. The Labute approximate surface area is 384 Å². The number of benzene rings is 5. The van der Waals surface area contributed by atoms with E-state index in [-0.39, 0.29) is 0 Å². The third kappa shape index (κ3) is 13.7. The van der Waals surface area contributed by atoms with Crippen molar-refractivity contribution in [1.82, 2.24) is 0 Å². The van der Waals surface area contributed by atoms with Crippen LogP contribution >= 0.6 is 0 Å². The Bertz CT molecular complexity index is 2250. The van der Waals surface area contributed by atoms with Gasteiger partial charge in [0.25, 0.3) is 0 Å². The molecule has 0 aliphatic heterocycles. The molecule has 0 amide bonds. The van der Waals surface area contributed by atoms with Crippen LogP contribution in [-0.4, -0.2) is 29.1 Å². The van der Waals surface area contributed by atoms with E-state index in [1.165, 1.54) is 5.56 Å². The topological polar surface area (TPSA) is 17.1 Å². The highest BCUT2D eigenvalue weighted by molar-refractivity contribution is 7.94. The summed E-state index contributed by atoms with van der Waals surface area (Å²) >= 11 is 0. The lowest BCUT2D eigenvalue weighted by Gasteiger charge is -2.46. The second kappa shape index (κ2) is 19.5. The Hall–Kier alpha value is -5.02. The van der Waals surface area contributed by atoms with E-state index in [2.05, 4.69) is 24.6 Å². The van der Waals surface area contributed by atoms with Gasteiger partial charge in [0, 0.05) is 27.5 Å². The van der Waals surface area contributed by atoms with Gasteiger partial charge < -0.3 is 0 Å². The minimum atomic E-state index is -6.13. The maximum absolute atomic E-state index is 14.2. The van der Waals surface area contributed by atoms with Gasteiger partial charge in [-0.2, -0.15) is 127 Å². The Morgan fingerprint density at radius 2 is 0.543 bits per heavy atom. The van der Waals surface area contributed by atoms with Crippen LogP contribution in [0.3, 0.4) is 0 Å². The molecule has 0 radical (unpaired) electrons. The van der Waals surface area contributed by atoms with Crippen LogP contribution < -0.4 is 21.9 Å². The summed E-state index contributed by atoms with van der Waals surface area (Å²) in [7, 11) is -0.407. The summed E-state index contributed by atoms with van der Waals surface area (Å²) < 4.78 is 352. The molecule has 0 N–H and O–H groups in total. The first-order valence-electron chi connectivity index (χ1n) is 18.7. The van der Waals surface area contributed by atoms with Crippen LogP contribution in [0.2, 0.25) is 0 Å². The monoisotopic (exact) mass is 1080 g/mol. The van der Waals surface area contributed by atoms with E-state index in [9.17, 15) is 110 Å². The standard InChI is InChI=1S/C32H12BF24.C10H15OS2/c34-25(35,36)13-1-14(26(37,38)39)6-21(5-13)33(22-7-15(27(40,41)42)2-16(8-22)28(43,44)45,23-9-17(29(46,47)48)3-18(10-23)30(49,50)51)24-11-19(31(52,53)54)4-20(12-24)32(55,56)57;1-12(2)8-9-4-6-10(7-5-9)13(3)11/h1-12H;4-7H,8H2,1-3H3/q-1;+1. The summed E-state index contributed by atoms with van der Waals surface area (Å²) in [6.45, 7) is 0. The first-order valence-corrected chi connectivity index (χ1v) is 22.4. The van der Waals surface area contributed by atoms with E-state index < -0.39 is 206 Å². The van der Waals surface area contributed by atoms with Crippen LogP contribution in [0.15, 0.2) is 102 Å². The number of hydrogen-bond acceptors (Lipinski definition) is 1. The summed E-state index contributed by atoms with van der Waals surface area (Å²) in [6.07, 6.45) is -48.6. The van der Waals surface area contributed by atoms with Crippen molar-refractivity contribution in [2.24, 2.45) is 0 Å². The van der Waals surface area contributed by atoms with Crippen molar-refractivity contribution in [3.05, 3.63) is 147 Å². The smallest absolute Gasteiger partial charge is 0.255 e. The summed E-state index contributed by atoms with van der Waals surface area (Å²) in [4.78, 5) is 0.913. The molecule has 5 aromatic carbocycles.